The Hall–Kier alpha value is -2.24. The lowest BCUT2D eigenvalue weighted by atomic mass is 10.1. The highest BCUT2D eigenvalue weighted by Crippen LogP contribution is 2.26. The van der Waals surface area contributed by atoms with Gasteiger partial charge >= 0.3 is 12.1 Å². The third kappa shape index (κ3) is 3.40. The highest BCUT2D eigenvalue weighted by molar-refractivity contribution is 5.92. The van der Waals surface area contributed by atoms with Crippen LogP contribution in [0.2, 0.25) is 0 Å². The van der Waals surface area contributed by atoms with E-state index in [1.54, 1.807) is 12.1 Å². The molecular weight excluding hydrogens is 262 g/mol. The number of hydrogen-bond donors (Lipinski definition) is 1. The minimum Gasteiger partial charge on any atom is -0.504 e. The number of hydrogen-bond acceptors (Lipinski definition) is 5. The molecule has 0 aromatic heterocycles. The summed E-state index contributed by atoms with van der Waals surface area (Å²) in [5, 5.41) is 9.49. The topological polar surface area (TPSA) is 76.1 Å². The lowest BCUT2D eigenvalue weighted by Gasteiger charge is -2.11. The zero-order valence-corrected chi connectivity index (χ0v) is 11.3. The van der Waals surface area contributed by atoms with Crippen LogP contribution >= 0.6 is 0 Å². The zero-order chi connectivity index (χ0) is 14.5. The standard InChI is InChI=1S/C14H17NO5/c1-19-12-8-10(5-6-11(12)16)4-2-3-7-15-9-13(17)20-14(15)18/h5-6,8,16H,2-4,7,9H2,1H3. The Balaban J connectivity index is 1.76. The number of phenols is 1. The second kappa shape index (κ2) is 6.27. The van der Waals surface area contributed by atoms with Crippen LogP contribution in [0.25, 0.3) is 0 Å². The number of carbonyl (C=O) groups excluding carboxylic acids is 2. The normalized spacial score (nSPS) is 14.6. The first kappa shape index (κ1) is 14.2. The summed E-state index contributed by atoms with van der Waals surface area (Å²) in [6, 6.07) is 5.24. The van der Waals surface area contributed by atoms with E-state index in [1.165, 1.54) is 12.0 Å². The van der Waals surface area contributed by atoms with E-state index in [-0.39, 0.29) is 12.3 Å². The molecule has 1 N–H and O–H groups in total. The summed E-state index contributed by atoms with van der Waals surface area (Å²) in [5.74, 6) is 0.0871. The molecule has 1 aliphatic rings. The highest BCUT2D eigenvalue weighted by Gasteiger charge is 2.28. The Bertz CT molecular complexity index is 514. The molecule has 1 aromatic rings. The van der Waals surface area contributed by atoms with E-state index in [0.717, 1.165) is 24.8 Å². The summed E-state index contributed by atoms with van der Waals surface area (Å²) in [5.41, 5.74) is 1.06. The molecular formula is C14H17NO5. The first-order chi connectivity index (χ1) is 9.60. The summed E-state index contributed by atoms with van der Waals surface area (Å²) in [7, 11) is 1.51. The SMILES string of the molecule is COc1cc(CCCCN2CC(=O)OC2=O)ccc1O. The molecule has 0 saturated carbocycles. The third-order valence-corrected chi connectivity index (χ3v) is 3.17. The summed E-state index contributed by atoms with van der Waals surface area (Å²) >= 11 is 0. The van der Waals surface area contributed by atoms with Gasteiger partial charge in [0.05, 0.1) is 7.11 Å². The molecule has 1 saturated heterocycles. The van der Waals surface area contributed by atoms with E-state index in [0.29, 0.717) is 12.3 Å². The number of unbranched alkanes of at least 4 members (excludes halogenated alkanes) is 1. The molecule has 0 radical (unpaired) electrons. The highest BCUT2D eigenvalue weighted by atomic mass is 16.6. The molecule has 20 heavy (non-hydrogen) atoms. The van der Waals surface area contributed by atoms with E-state index in [4.69, 9.17) is 4.74 Å². The van der Waals surface area contributed by atoms with Crippen LogP contribution in [0.15, 0.2) is 18.2 Å². The minimum atomic E-state index is -0.554. The van der Waals surface area contributed by atoms with Crippen molar-refractivity contribution in [3.8, 4) is 11.5 Å². The number of benzene rings is 1. The van der Waals surface area contributed by atoms with Crippen LogP contribution in [0.1, 0.15) is 18.4 Å². The van der Waals surface area contributed by atoms with E-state index in [9.17, 15) is 14.7 Å². The summed E-state index contributed by atoms with van der Waals surface area (Å²) in [4.78, 5) is 23.5. The largest absolute Gasteiger partial charge is 0.504 e. The van der Waals surface area contributed by atoms with Crippen molar-refractivity contribution in [3.63, 3.8) is 0 Å². The maximum atomic E-state index is 11.2. The lowest BCUT2D eigenvalue weighted by Crippen LogP contribution is -2.25. The van der Waals surface area contributed by atoms with Gasteiger partial charge in [-0.15, -0.1) is 0 Å². The first-order valence-electron chi connectivity index (χ1n) is 6.45. The van der Waals surface area contributed by atoms with Gasteiger partial charge in [0.25, 0.3) is 0 Å². The molecule has 6 nitrogen and oxygen atoms in total. The molecule has 0 aliphatic carbocycles. The van der Waals surface area contributed by atoms with Gasteiger partial charge in [0.15, 0.2) is 11.5 Å². The fourth-order valence-corrected chi connectivity index (χ4v) is 2.09. The molecule has 6 heteroatoms. The van der Waals surface area contributed by atoms with Gasteiger partial charge in [0.1, 0.15) is 6.54 Å². The molecule has 0 bridgehead atoms. The maximum Gasteiger partial charge on any atom is 0.418 e. The zero-order valence-electron chi connectivity index (χ0n) is 11.3. The van der Waals surface area contributed by atoms with Crippen molar-refractivity contribution in [2.45, 2.75) is 19.3 Å². The van der Waals surface area contributed by atoms with Gasteiger partial charge in [-0.1, -0.05) is 6.07 Å². The summed E-state index contributed by atoms with van der Waals surface area (Å²) in [6.07, 6.45) is 1.91. The minimum absolute atomic E-state index is 0.0475. The molecule has 0 atom stereocenters. The summed E-state index contributed by atoms with van der Waals surface area (Å²) < 4.78 is 9.48. The van der Waals surface area contributed by atoms with Crippen molar-refractivity contribution in [2.24, 2.45) is 0 Å². The second-order valence-electron chi connectivity index (χ2n) is 4.62. The monoisotopic (exact) mass is 279 g/mol. The second-order valence-corrected chi connectivity index (χ2v) is 4.62. The molecule has 1 aromatic carbocycles. The number of ether oxygens (including phenoxy) is 2. The lowest BCUT2D eigenvalue weighted by molar-refractivity contribution is -0.132. The number of esters is 1. The summed E-state index contributed by atoms with van der Waals surface area (Å²) in [6.45, 7) is 0.561. The van der Waals surface area contributed by atoms with Gasteiger partial charge in [-0.25, -0.2) is 9.59 Å². The van der Waals surface area contributed by atoms with E-state index < -0.39 is 12.1 Å². The number of phenolic OH excluding ortho intramolecular Hbond substituents is 1. The number of carbonyl (C=O) groups is 2. The predicted octanol–water partition coefficient (Wildman–Crippen LogP) is 1.70. The number of aryl methyl sites for hydroxylation is 1. The van der Waals surface area contributed by atoms with Crippen LogP contribution in [0, 0.1) is 0 Å². The molecule has 0 spiro atoms. The average Bonchev–Trinajstić information content (AvgIpc) is 2.75. The molecule has 1 fully saturated rings. The van der Waals surface area contributed by atoms with E-state index in [2.05, 4.69) is 4.74 Å². The van der Waals surface area contributed by atoms with E-state index in [1.807, 2.05) is 6.07 Å². The smallest absolute Gasteiger partial charge is 0.418 e. The Kier molecular flexibility index (Phi) is 4.45. The van der Waals surface area contributed by atoms with Crippen molar-refractivity contribution < 1.29 is 24.2 Å². The Labute approximate surface area is 116 Å². The van der Waals surface area contributed by atoms with Crippen molar-refractivity contribution in [1.29, 1.82) is 0 Å². The van der Waals surface area contributed by atoms with Gasteiger partial charge in [-0.2, -0.15) is 0 Å². The fourth-order valence-electron chi connectivity index (χ4n) is 2.09. The molecule has 1 aliphatic heterocycles. The fraction of sp³-hybridized carbons (Fsp3) is 0.429. The van der Waals surface area contributed by atoms with Gasteiger partial charge in [-0.05, 0) is 37.0 Å². The Morgan fingerprint density at radius 1 is 1.35 bits per heavy atom. The Morgan fingerprint density at radius 3 is 2.80 bits per heavy atom. The quantitative estimate of drug-likeness (QED) is 0.487. The van der Waals surface area contributed by atoms with Crippen molar-refractivity contribution in [1.82, 2.24) is 4.90 Å². The third-order valence-electron chi connectivity index (χ3n) is 3.17. The van der Waals surface area contributed by atoms with Crippen molar-refractivity contribution in [3.05, 3.63) is 23.8 Å². The molecule has 1 heterocycles. The van der Waals surface area contributed by atoms with Crippen LogP contribution in [0.5, 0.6) is 11.5 Å². The average molecular weight is 279 g/mol. The number of nitrogens with zero attached hydrogens (tertiary/aromatic N) is 1. The predicted molar refractivity (Wildman–Crippen MR) is 70.7 cm³/mol. The van der Waals surface area contributed by atoms with Gasteiger partial charge < -0.3 is 14.6 Å². The maximum absolute atomic E-state index is 11.2. The van der Waals surface area contributed by atoms with Gasteiger partial charge in [0, 0.05) is 6.54 Å². The number of rotatable bonds is 6. The van der Waals surface area contributed by atoms with Crippen LogP contribution in [-0.4, -0.2) is 42.3 Å². The van der Waals surface area contributed by atoms with Crippen LogP contribution in [0.3, 0.4) is 0 Å². The van der Waals surface area contributed by atoms with Gasteiger partial charge in [0.2, 0.25) is 0 Å². The first-order valence-corrected chi connectivity index (χ1v) is 6.45. The molecule has 1 amide bonds. The van der Waals surface area contributed by atoms with Crippen LogP contribution in [0.4, 0.5) is 4.79 Å². The molecule has 108 valence electrons. The number of cyclic esters (lactones) is 2. The van der Waals surface area contributed by atoms with Crippen LogP contribution < -0.4 is 4.74 Å². The van der Waals surface area contributed by atoms with Crippen LogP contribution in [-0.2, 0) is 16.0 Å². The van der Waals surface area contributed by atoms with E-state index >= 15 is 0 Å². The molecule has 0 unspecified atom stereocenters. The number of methoxy groups -OCH3 is 1. The Morgan fingerprint density at radius 2 is 2.15 bits per heavy atom. The number of aromatic hydroxyl groups is 1. The van der Waals surface area contributed by atoms with Crippen molar-refractivity contribution in [2.75, 3.05) is 20.2 Å². The van der Waals surface area contributed by atoms with Gasteiger partial charge in [-0.3, -0.25) is 4.90 Å². The van der Waals surface area contributed by atoms with Crippen molar-refractivity contribution >= 4 is 12.1 Å². The number of amides is 1. The molecule has 2 rings (SSSR count).